The summed E-state index contributed by atoms with van der Waals surface area (Å²) in [6.07, 6.45) is 4.38. The summed E-state index contributed by atoms with van der Waals surface area (Å²) in [5.41, 5.74) is 0. The maximum absolute atomic E-state index is 3.56. The zero-order chi connectivity index (χ0) is 6.81. The third kappa shape index (κ3) is 1.18. The Morgan fingerprint density at radius 3 is 2.50 bits per heavy atom. The highest BCUT2D eigenvalue weighted by Crippen LogP contribution is 2.29. The van der Waals surface area contributed by atoms with Crippen LogP contribution in [0.3, 0.4) is 0 Å². The lowest BCUT2D eigenvalue weighted by atomic mass is 9.79. The van der Waals surface area contributed by atoms with E-state index in [0.717, 1.165) is 18.5 Å². The van der Waals surface area contributed by atoms with Gasteiger partial charge in [-0.25, -0.2) is 0 Å². The van der Waals surface area contributed by atoms with Gasteiger partial charge in [0.05, 0.1) is 0 Å². The molecule has 0 aromatic rings. The molecule has 2 fully saturated rings. The first-order valence-electron chi connectivity index (χ1n) is 4.41. The number of nitrogens with one attached hydrogen (secondary N) is 2. The van der Waals surface area contributed by atoms with E-state index in [-0.39, 0.29) is 0 Å². The van der Waals surface area contributed by atoms with Crippen LogP contribution in [-0.4, -0.2) is 25.7 Å². The van der Waals surface area contributed by atoms with Crippen molar-refractivity contribution < 1.29 is 0 Å². The van der Waals surface area contributed by atoms with E-state index in [1.807, 2.05) is 0 Å². The topological polar surface area (TPSA) is 24.1 Å². The third-order valence-electron chi connectivity index (χ3n) is 2.79. The van der Waals surface area contributed by atoms with Crippen LogP contribution in [0.5, 0.6) is 0 Å². The summed E-state index contributed by atoms with van der Waals surface area (Å²) >= 11 is 0. The van der Waals surface area contributed by atoms with E-state index in [0.29, 0.717) is 0 Å². The highest BCUT2D eigenvalue weighted by molar-refractivity contribution is 4.86. The Morgan fingerprint density at radius 1 is 1.10 bits per heavy atom. The van der Waals surface area contributed by atoms with Crippen molar-refractivity contribution in [3.8, 4) is 0 Å². The summed E-state index contributed by atoms with van der Waals surface area (Å²) in [5, 5.41) is 6.98. The van der Waals surface area contributed by atoms with Gasteiger partial charge >= 0.3 is 0 Å². The minimum atomic E-state index is 0.794. The van der Waals surface area contributed by atoms with Crippen molar-refractivity contribution in [3.05, 3.63) is 0 Å². The first-order chi connectivity index (χ1) is 4.97. The normalized spacial score (nSPS) is 35.4. The molecular formula is C8H16N2. The molecule has 1 saturated heterocycles. The molecule has 0 amide bonds. The van der Waals surface area contributed by atoms with E-state index in [9.17, 15) is 0 Å². The standard InChI is InChI=1S/C8H16N2/c1-2-7(3-1)8-6-9-4-5-10-8/h7-10H,1-6H2/t8-/m1/s1. The fourth-order valence-electron chi connectivity index (χ4n) is 1.85. The van der Waals surface area contributed by atoms with E-state index >= 15 is 0 Å². The van der Waals surface area contributed by atoms with Gasteiger partial charge in [-0.2, -0.15) is 0 Å². The van der Waals surface area contributed by atoms with E-state index in [2.05, 4.69) is 10.6 Å². The number of hydrogen-bond acceptors (Lipinski definition) is 2. The lowest BCUT2D eigenvalue weighted by Crippen LogP contribution is -2.53. The lowest BCUT2D eigenvalue weighted by Gasteiger charge is -2.37. The molecule has 1 saturated carbocycles. The molecule has 0 unspecified atom stereocenters. The van der Waals surface area contributed by atoms with Crippen molar-refractivity contribution >= 4 is 0 Å². The van der Waals surface area contributed by atoms with Crippen molar-refractivity contribution in [2.24, 2.45) is 5.92 Å². The van der Waals surface area contributed by atoms with E-state index in [1.54, 1.807) is 0 Å². The van der Waals surface area contributed by atoms with Gasteiger partial charge in [0, 0.05) is 25.7 Å². The number of hydrogen-bond donors (Lipinski definition) is 2. The van der Waals surface area contributed by atoms with Gasteiger partial charge in [-0.1, -0.05) is 6.42 Å². The Kier molecular flexibility index (Phi) is 1.91. The lowest BCUT2D eigenvalue weighted by molar-refractivity contribution is 0.209. The molecule has 2 aliphatic rings. The van der Waals surface area contributed by atoms with Crippen LogP contribution in [0.4, 0.5) is 0 Å². The molecule has 2 heteroatoms. The van der Waals surface area contributed by atoms with Gasteiger partial charge in [0.1, 0.15) is 0 Å². The quantitative estimate of drug-likeness (QED) is 0.549. The summed E-state index contributed by atoms with van der Waals surface area (Å²) in [5.74, 6) is 0.993. The van der Waals surface area contributed by atoms with Gasteiger partial charge in [0.25, 0.3) is 0 Å². The fraction of sp³-hybridized carbons (Fsp3) is 1.00. The molecule has 1 aliphatic carbocycles. The maximum Gasteiger partial charge on any atom is 0.0221 e. The van der Waals surface area contributed by atoms with E-state index < -0.39 is 0 Å². The molecular weight excluding hydrogens is 124 g/mol. The second-order valence-corrected chi connectivity index (χ2v) is 3.46. The van der Waals surface area contributed by atoms with Crippen LogP contribution in [0.15, 0.2) is 0 Å². The molecule has 0 spiro atoms. The van der Waals surface area contributed by atoms with Crippen LogP contribution in [-0.2, 0) is 0 Å². The number of piperazine rings is 1. The average Bonchev–Trinajstić information content (AvgIpc) is 1.86. The average molecular weight is 140 g/mol. The van der Waals surface area contributed by atoms with Crippen molar-refractivity contribution in [1.29, 1.82) is 0 Å². The Bertz CT molecular complexity index is 104. The van der Waals surface area contributed by atoms with Crippen molar-refractivity contribution in [1.82, 2.24) is 10.6 Å². The summed E-state index contributed by atoms with van der Waals surface area (Å²) in [4.78, 5) is 0. The van der Waals surface area contributed by atoms with Crippen LogP contribution < -0.4 is 10.6 Å². The Balaban J connectivity index is 1.78. The summed E-state index contributed by atoms with van der Waals surface area (Å²) < 4.78 is 0. The molecule has 0 aromatic heterocycles. The molecule has 2 rings (SSSR count). The monoisotopic (exact) mass is 140 g/mol. The van der Waals surface area contributed by atoms with Crippen LogP contribution in [0, 0.1) is 5.92 Å². The van der Waals surface area contributed by atoms with Crippen LogP contribution in [0.25, 0.3) is 0 Å². The summed E-state index contributed by atoms with van der Waals surface area (Å²) in [7, 11) is 0. The van der Waals surface area contributed by atoms with Crippen LogP contribution in [0.1, 0.15) is 19.3 Å². The second kappa shape index (κ2) is 2.89. The first kappa shape index (κ1) is 6.62. The minimum absolute atomic E-state index is 0.794. The van der Waals surface area contributed by atoms with Gasteiger partial charge in [-0.15, -0.1) is 0 Å². The zero-order valence-electron chi connectivity index (χ0n) is 6.40. The Labute approximate surface area is 62.4 Å². The van der Waals surface area contributed by atoms with Crippen LogP contribution >= 0.6 is 0 Å². The molecule has 10 heavy (non-hydrogen) atoms. The molecule has 58 valence electrons. The predicted octanol–water partition coefficient (Wildman–Crippen LogP) is 0.348. The number of rotatable bonds is 1. The molecule has 2 nitrogen and oxygen atoms in total. The Hall–Kier alpha value is -0.0800. The smallest absolute Gasteiger partial charge is 0.0221 e. The van der Waals surface area contributed by atoms with Crippen molar-refractivity contribution in [2.75, 3.05) is 19.6 Å². The zero-order valence-corrected chi connectivity index (χ0v) is 6.40. The molecule has 2 N–H and O–H groups in total. The highest BCUT2D eigenvalue weighted by Gasteiger charge is 2.27. The minimum Gasteiger partial charge on any atom is -0.314 e. The highest BCUT2D eigenvalue weighted by atomic mass is 15.1. The molecule has 1 heterocycles. The maximum atomic E-state index is 3.56. The van der Waals surface area contributed by atoms with E-state index in [4.69, 9.17) is 0 Å². The summed E-state index contributed by atoms with van der Waals surface area (Å²) in [6.45, 7) is 3.52. The largest absolute Gasteiger partial charge is 0.314 e. The predicted molar refractivity (Wildman–Crippen MR) is 42.0 cm³/mol. The van der Waals surface area contributed by atoms with Gasteiger partial charge in [0.2, 0.25) is 0 Å². The molecule has 1 aliphatic heterocycles. The van der Waals surface area contributed by atoms with Crippen molar-refractivity contribution in [2.45, 2.75) is 25.3 Å². The van der Waals surface area contributed by atoms with Gasteiger partial charge in [-0.05, 0) is 18.8 Å². The molecule has 1 atom stereocenters. The SMILES string of the molecule is C1CC([C@H]2CNCCN2)C1. The van der Waals surface area contributed by atoms with E-state index in [1.165, 1.54) is 32.4 Å². The third-order valence-corrected chi connectivity index (χ3v) is 2.79. The van der Waals surface area contributed by atoms with Crippen LogP contribution in [0.2, 0.25) is 0 Å². The molecule has 0 aromatic carbocycles. The van der Waals surface area contributed by atoms with Gasteiger partial charge in [0.15, 0.2) is 0 Å². The second-order valence-electron chi connectivity index (χ2n) is 3.46. The van der Waals surface area contributed by atoms with Gasteiger partial charge < -0.3 is 10.6 Å². The molecule has 0 bridgehead atoms. The Morgan fingerprint density at radius 2 is 2.00 bits per heavy atom. The fourth-order valence-corrected chi connectivity index (χ4v) is 1.85. The summed E-state index contributed by atoms with van der Waals surface area (Å²) in [6, 6.07) is 0.794. The molecule has 0 radical (unpaired) electrons. The van der Waals surface area contributed by atoms with Crippen molar-refractivity contribution in [3.63, 3.8) is 0 Å². The first-order valence-corrected chi connectivity index (χ1v) is 4.41. The van der Waals surface area contributed by atoms with Gasteiger partial charge in [-0.3, -0.25) is 0 Å².